The van der Waals surface area contributed by atoms with Gasteiger partial charge in [0.25, 0.3) is 0 Å². The quantitative estimate of drug-likeness (QED) is 0.817. The van der Waals surface area contributed by atoms with E-state index in [2.05, 4.69) is 24.4 Å². The molecular weight excluding hydrogens is 186 g/mol. The molecule has 2 heteroatoms. The van der Waals surface area contributed by atoms with Crippen LogP contribution in [0.4, 0.5) is 5.69 Å². The van der Waals surface area contributed by atoms with Crippen LogP contribution in [0.15, 0.2) is 18.2 Å². The van der Waals surface area contributed by atoms with Crippen LogP contribution in [0.25, 0.3) is 0 Å². The Hall–Kier alpha value is -1.18. The zero-order valence-electron chi connectivity index (χ0n) is 9.55. The van der Waals surface area contributed by atoms with Crippen molar-refractivity contribution in [3.05, 3.63) is 23.8 Å². The minimum atomic E-state index is 0.663. The van der Waals surface area contributed by atoms with E-state index < -0.39 is 0 Å². The summed E-state index contributed by atoms with van der Waals surface area (Å²) in [4.78, 5) is 0. The van der Waals surface area contributed by atoms with Gasteiger partial charge in [-0.2, -0.15) is 0 Å². The Balaban J connectivity index is 2.11. The molecule has 0 spiro atoms. The minimum Gasteiger partial charge on any atom is -0.497 e. The second-order valence-electron chi connectivity index (χ2n) is 4.31. The summed E-state index contributed by atoms with van der Waals surface area (Å²) in [6.45, 7) is 2.14. The lowest BCUT2D eigenvalue weighted by Gasteiger charge is -2.16. The maximum Gasteiger partial charge on any atom is 0.120 e. The molecule has 2 nitrogen and oxygen atoms in total. The van der Waals surface area contributed by atoms with E-state index in [-0.39, 0.29) is 0 Å². The molecule has 1 aliphatic carbocycles. The molecule has 0 saturated heterocycles. The Kier molecular flexibility index (Phi) is 3.14. The van der Waals surface area contributed by atoms with Crippen LogP contribution in [0.1, 0.15) is 31.2 Å². The molecule has 0 aliphatic heterocycles. The van der Waals surface area contributed by atoms with Gasteiger partial charge >= 0.3 is 0 Å². The average molecular weight is 205 g/mol. The van der Waals surface area contributed by atoms with Gasteiger partial charge in [-0.05, 0) is 31.4 Å². The second-order valence-corrected chi connectivity index (χ2v) is 4.31. The highest BCUT2D eigenvalue weighted by Crippen LogP contribution is 2.26. The fourth-order valence-electron chi connectivity index (χ4n) is 2.17. The topological polar surface area (TPSA) is 21.3 Å². The lowest BCUT2D eigenvalue weighted by atomic mass is 10.1. The van der Waals surface area contributed by atoms with Crippen LogP contribution in [0.5, 0.6) is 5.75 Å². The standard InChI is InChI=1S/C13H19NO/c1-10-7-8-12(15-2)9-13(10)14-11-5-3-4-6-11/h7-9,11,14H,3-6H2,1-2H3. The molecule has 1 aromatic rings. The molecule has 1 aromatic carbocycles. The number of rotatable bonds is 3. The number of hydrogen-bond acceptors (Lipinski definition) is 2. The summed E-state index contributed by atoms with van der Waals surface area (Å²) in [6, 6.07) is 6.87. The summed E-state index contributed by atoms with van der Waals surface area (Å²) < 4.78 is 5.23. The van der Waals surface area contributed by atoms with Gasteiger partial charge in [-0.25, -0.2) is 0 Å². The van der Waals surface area contributed by atoms with Gasteiger partial charge in [-0.3, -0.25) is 0 Å². The van der Waals surface area contributed by atoms with Gasteiger partial charge < -0.3 is 10.1 Å². The van der Waals surface area contributed by atoms with Crippen LogP contribution in [-0.2, 0) is 0 Å². The summed E-state index contributed by atoms with van der Waals surface area (Å²) in [6.07, 6.45) is 5.33. The molecule has 0 amide bonds. The van der Waals surface area contributed by atoms with Crippen LogP contribution < -0.4 is 10.1 Å². The highest BCUT2D eigenvalue weighted by atomic mass is 16.5. The van der Waals surface area contributed by atoms with E-state index in [1.165, 1.54) is 36.9 Å². The molecule has 1 N–H and O–H groups in total. The van der Waals surface area contributed by atoms with E-state index >= 15 is 0 Å². The number of ether oxygens (including phenoxy) is 1. The monoisotopic (exact) mass is 205 g/mol. The highest BCUT2D eigenvalue weighted by Gasteiger charge is 2.15. The Labute approximate surface area is 91.6 Å². The van der Waals surface area contributed by atoms with Crippen LogP contribution >= 0.6 is 0 Å². The Morgan fingerprint density at radius 2 is 2.00 bits per heavy atom. The molecule has 1 aliphatic rings. The largest absolute Gasteiger partial charge is 0.497 e. The predicted octanol–water partition coefficient (Wildman–Crippen LogP) is 3.36. The van der Waals surface area contributed by atoms with Gasteiger partial charge in [0, 0.05) is 17.8 Å². The Bertz CT molecular complexity index is 329. The van der Waals surface area contributed by atoms with E-state index in [4.69, 9.17) is 4.74 Å². The first kappa shape index (κ1) is 10.3. The van der Waals surface area contributed by atoms with Crippen LogP contribution in [0, 0.1) is 6.92 Å². The third-order valence-electron chi connectivity index (χ3n) is 3.16. The number of benzene rings is 1. The zero-order chi connectivity index (χ0) is 10.7. The lowest BCUT2D eigenvalue weighted by Crippen LogP contribution is -2.15. The Morgan fingerprint density at radius 3 is 2.67 bits per heavy atom. The third kappa shape index (κ3) is 2.44. The molecular formula is C13H19NO. The van der Waals surface area contributed by atoms with E-state index in [1.54, 1.807) is 7.11 Å². The maximum atomic E-state index is 5.23. The van der Waals surface area contributed by atoms with Gasteiger partial charge in [-0.1, -0.05) is 18.9 Å². The number of methoxy groups -OCH3 is 1. The molecule has 0 unspecified atom stereocenters. The molecule has 82 valence electrons. The number of hydrogen-bond donors (Lipinski definition) is 1. The minimum absolute atomic E-state index is 0.663. The van der Waals surface area contributed by atoms with Crippen molar-refractivity contribution in [2.24, 2.45) is 0 Å². The van der Waals surface area contributed by atoms with E-state index in [1.807, 2.05) is 6.07 Å². The first-order valence-electron chi connectivity index (χ1n) is 5.71. The number of anilines is 1. The number of nitrogens with one attached hydrogen (secondary N) is 1. The summed E-state index contributed by atoms with van der Waals surface area (Å²) in [5.74, 6) is 0.932. The first-order valence-corrected chi connectivity index (χ1v) is 5.71. The number of aryl methyl sites for hydroxylation is 1. The molecule has 0 radical (unpaired) electrons. The normalized spacial score (nSPS) is 16.7. The molecule has 0 bridgehead atoms. The smallest absolute Gasteiger partial charge is 0.120 e. The lowest BCUT2D eigenvalue weighted by molar-refractivity contribution is 0.415. The van der Waals surface area contributed by atoms with Gasteiger partial charge in [0.05, 0.1) is 7.11 Å². The SMILES string of the molecule is COc1ccc(C)c(NC2CCCC2)c1. The van der Waals surface area contributed by atoms with Crippen molar-refractivity contribution in [3.63, 3.8) is 0 Å². The van der Waals surface area contributed by atoms with Crippen molar-refractivity contribution in [1.82, 2.24) is 0 Å². The maximum absolute atomic E-state index is 5.23. The molecule has 0 heterocycles. The third-order valence-corrected chi connectivity index (χ3v) is 3.16. The Morgan fingerprint density at radius 1 is 1.27 bits per heavy atom. The molecule has 15 heavy (non-hydrogen) atoms. The van der Waals surface area contributed by atoms with Gasteiger partial charge in [0.1, 0.15) is 5.75 Å². The fraction of sp³-hybridized carbons (Fsp3) is 0.538. The average Bonchev–Trinajstić information content (AvgIpc) is 2.74. The van der Waals surface area contributed by atoms with E-state index in [9.17, 15) is 0 Å². The van der Waals surface area contributed by atoms with E-state index in [0.29, 0.717) is 6.04 Å². The van der Waals surface area contributed by atoms with Crippen molar-refractivity contribution in [3.8, 4) is 5.75 Å². The van der Waals surface area contributed by atoms with Crippen molar-refractivity contribution in [2.45, 2.75) is 38.6 Å². The summed E-state index contributed by atoms with van der Waals surface area (Å²) in [7, 11) is 1.71. The van der Waals surface area contributed by atoms with Crippen molar-refractivity contribution in [2.75, 3.05) is 12.4 Å². The summed E-state index contributed by atoms with van der Waals surface area (Å²) in [5, 5.41) is 3.60. The molecule has 2 rings (SSSR count). The van der Waals surface area contributed by atoms with Crippen LogP contribution in [0.2, 0.25) is 0 Å². The molecule has 1 saturated carbocycles. The fourth-order valence-corrected chi connectivity index (χ4v) is 2.17. The second kappa shape index (κ2) is 4.56. The van der Waals surface area contributed by atoms with Gasteiger partial charge in [0.2, 0.25) is 0 Å². The van der Waals surface area contributed by atoms with Crippen molar-refractivity contribution in [1.29, 1.82) is 0 Å². The summed E-state index contributed by atoms with van der Waals surface area (Å²) >= 11 is 0. The highest BCUT2D eigenvalue weighted by molar-refractivity contribution is 5.55. The van der Waals surface area contributed by atoms with Crippen molar-refractivity contribution >= 4 is 5.69 Å². The summed E-state index contributed by atoms with van der Waals surface area (Å²) in [5.41, 5.74) is 2.52. The van der Waals surface area contributed by atoms with E-state index in [0.717, 1.165) is 5.75 Å². The zero-order valence-corrected chi connectivity index (χ0v) is 9.55. The molecule has 1 fully saturated rings. The van der Waals surface area contributed by atoms with Gasteiger partial charge in [0.15, 0.2) is 0 Å². The van der Waals surface area contributed by atoms with Crippen LogP contribution in [0.3, 0.4) is 0 Å². The van der Waals surface area contributed by atoms with Crippen LogP contribution in [-0.4, -0.2) is 13.2 Å². The van der Waals surface area contributed by atoms with Gasteiger partial charge in [-0.15, -0.1) is 0 Å². The predicted molar refractivity (Wildman–Crippen MR) is 63.6 cm³/mol. The first-order chi connectivity index (χ1) is 7.29. The molecule has 0 aromatic heterocycles. The van der Waals surface area contributed by atoms with Crippen molar-refractivity contribution < 1.29 is 4.74 Å². The molecule has 0 atom stereocenters.